The largest absolute Gasteiger partial charge is 0.484 e. The van der Waals surface area contributed by atoms with Crippen molar-refractivity contribution in [1.29, 1.82) is 0 Å². The number of aryl methyl sites for hydroxylation is 1. The molecule has 0 fully saturated rings. The molecule has 0 atom stereocenters. The Hall–Kier alpha value is -2.54. The molecule has 2 aromatic rings. The highest BCUT2D eigenvalue weighted by Crippen LogP contribution is 2.34. The molecule has 2 heterocycles. The monoisotopic (exact) mass is 318 g/mol. The lowest BCUT2D eigenvalue weighted by Crippen LogP contribution is -2.24. The molecule has 0 radical (unpaired) electrons. The first-order valence-electron chi connectivity index (χ1n) is 6.61. The summed E-state index contributed by atoms with van der Waals surface area (Å²) in [5.74, 6) is 1.50. The van der Waals surface area contributed by atoms with Crippen molar-refractivity contribution in [2.75, 3.05) is 13.4 Å². The first kappa shape index (κ1) is 14.4. The summed E-state index contributed by atoms with van der Waals surface area (Å²) in [4.78, 5) is 12.7. The first-order valence-corrected chi connectivity index (χ1v) is 7.49. The fourth-order valence-corrected chi connectivity index (χ4v) is 2.61. The van der Waals surface area contributed by atoms with Crippen LogP contribution in [-0.4, -0.2) is 25.5 Å². The van der Waals surface area contributed by atoms with E-state index in [1.54, 1.807) is 35.8 Å². The van der Waals surface area contributed by atoms with Crippen LogP contribution in [0.1, 0.15) is 10.4 Å². The Kier molecular flexibility index (Phi) is 4.24. The predicted molar refractivity (Wildman–Crippen MR) is 82.9 cm³/mol. The van der Waals surface area contributed by atoms with Gasteiger partial charge in [0.05, 0.1) is 6.21 Å². The van der Waals surface area contributed by atoms with Crippen LogP contribution in [-0.2, 0) is 4.79 Å². The minimum atomic E-state index is -0.330. The summed E-state index contributed by atoms with van der Waals surface area (Å²) in [5.41, 5.74) is 3.55. The minimum absolute atomic E-state index is 0.125. The van der Waals surface area contributed by atoms with E-state index in [0.29, 0.717) is 17.2 Å². The molecule has 0 unspecified atom stereocenters. The van der Waals surface area contributed by atoms with Crippen molar-refractivity contribution in [3.63, 3.8) is 0 Å². The Bertz CT molecular complexity index is 711. The molecule has 1 aromatic heterocycles. The van der Waals surface area contributed by atoms with Crippen molar-refractivity contribution >= 4 is 23.5 Å². The summed E-state index contributed by atoms with van der Waals surface area (Å²) in [6.45, 7) is 2.07. The fourth-order valence-electron chi connectivity index (χ4n) is 1.83. The van der Waals surface area contributed by atoms with E-state index in [2.05, 4.69) is 10.5 Å². The summed E-state index contributed by atoms with van der Waals surface area (Å²) in [6.07, 6.45) is 1.62. The van der Waals surface area contributed by atoms with Crippen LogP contribution in [0.4, 0.5) is 0 Å². The van der Waals surface area contributed by atoms with Crippen LogP contribution in [0.2, 0.25) is 0 Å². The molecule has 22 heavy (non-hydrogen) atoms. The third kappa shape index (κ3) is 3.37. The number of ether oxygens (including phenoxy) is 3. The molecule has 7 heteroatoms. The van der Waals surface area contributed by atoms with Gasteiger partial charge >= 0.3 is 0 Å². The topological polar surface area (TPSA) is 69.2 Å². The maximum atomic E-state index is 11.7. The second-order valence-electron chi connectivity index (χ2n) is 4.56. The SMILES string of the molecule is Cc1ccsc1/C=N\NC(=O)COc1ccc2c(c1)OCO2. The fraction of sp³-hybridized carbons (Fsp3) is 0.200. The Labute approximate surface area is 131 Å². The van der Waals surface area contributed by atoms with Crippen LogP contribution in [0.3, 0.4) is 0 Å². The summed E-state index contributed by atoms with van der Waals surface area (Å²) < 4.78 is 15.8. The Morgan fingerprint density at radius 1 is 1.41 bits per heavy atom. The third-order valence-corrected chi connectivity index (χ3v) is 3.94. The van der Waals surface area contributed by atoms with Crippen LogP contribution in [0.5, 0.6) is 17.2 Å². The van der Waals surface area contributed by atoms with E-state index in [9.17, 15) is 4.79 Å². The number of hydrazone groups is 1. The molecule has 0 saturated carbocycles. The summed E-state index contributed by atoms with van der Waals surface area (Å²) in [6, 6.07) is 7.15. The van der Waals surface area contributed by atoms with Gasteiger partial charge in [-0.05, 0) is 36.1 Å². The smallest absolute Gasteiger partial charge is 0.277 e. The van der Waals surface area contributed by atoms with Crippen molar-refractivity contribution in [3.05, 3.63) is 40.1 Å². The third-order valence-electron chi connectivity index (χ3n) is 2.99. The molecular weight excluding hydrogens is 304 g/mol. The lowest BCUT2D eigenvalue weighted by molar-refractivity contribution is -0.123. The number of thiophene rings is 1. The second kappa shape index (κ2) is 6.48. The second-order valence-corrected chi connectivity index (χ2v) is 5.51. The number of benzene rings is 1. The molecule has 0 aliphatic carbocycles. The average Bonchev–Trinajstić information content (AvgIpc) is 3.14. The minimum Gasteiger partial charge on any atom is -0.484 e. The number of amides is 1. The Morgan fingerprint density at radius 2 is 2.27 bits per heavy atom. The molecule has 0 spiro atoms. The zero-order valence-corrected chi connectivity index (χ0v) is 12.7. The number of hydrogen-bond donors (Lipinski definition) is 1. The van der Waals surface area contributed by atoms with Gasteiger partial charge in [0.2, 0.25) is 6.79 Å². The highest BCUT2D eigenvalue weighted by molar-refractivity contribution is 7.11. The van der Waals surface area contributed by atoms with Gasteiger partial charge in [0.15, 0.2) is 18.1 Å². The van der Waals surface area contributed by atoms with Crippen LogP contribution in [0, 0.1) is 6.92 Å². The standard InChI is InChI=1S/C15H14N2O4S/c1-10-4-5-22-14(10)7-16-17-15(18)8-19-11-2-3-12-13(6-11)21-9-20-12/h2-7H,8-9H2,1H3,(H,17,18)/b16-7-. The predicted octanol–water partition coefficient (Wildman–Crippen LogP) is 2.31. The molecule has 1 aliphatic rings. The number of nitrogens with one attached hydrogen (secondary N) is 1. The summed E-state index contributed by atoms with van der Waals surface area (Å²) >= 11 is 1.57. The molecule has 0 saturated heterocycles. The highest BCUT2D eigenvalue weighted by Gasteiger charge is 2.14. The van der Waals surface area contributed by atoms with Gasteiger partial charge in [0.1, 0.15) is 5.75 Å². The lowest BCUT2D eigenvalue weighted by atomic mass is 10.3. The van der Waals surface area contributed by atoms with Crippen molar-refractivity contribution in [2.24, 2.45) is 5.10 Å². The summed E-state index contributed by atoms with van der Waals surface area (Å²) in [5, 5.41) is 5.88. The number of carbonyl (C=O) groups is 1. The van der Waals surface area contributed by atoms with Crippen LogP contribution >= 0.6 is 11.3 Å². The van der Waals surface area contributed by atoms with E-state index >= 15 is 0 Å². The number of rotatable bonds is 5. The normalized spacial score (nSPS) is 12.6. The van der Waals surface area contributed by atoms with E-state index in [-0.39, 0.29) is 19.3 Å². The number of carbonyl (C=O) groups excluding carboxylic acids is 1. The van der Waals surface area contributed by atoms with Crippen LogP contribution in [0.25, 0.3) is 0 Å². The molecule has 1 N–H and O–H groups in total. The van der Waals surface area contributed by atoms with Crippen LogP contribution in [0.15, 0.2) is 34.7 Å². The number of fused-ring (bicyclic) bond motifs is 1. The van der Waals surface area contributed by atoms with Gasteiger partial charge < -0.3 is 14.2 Å². The van der Waals surface area contributed by atoms with Crippen molar-refractivity contribution < 1.29 is 19.0 Å². The molecular formula is C15H14N2O4S. The zero-order chi connectivity index (χ0) is 15.4. The van der Waals surface area contributed by atoms with E-state index in [0.717, 1.165) is 10.4 Å². The molecule has 1 amide bonds. The van der Waals surface area contributed by atoms with Gasteiger partial charge in [-0.3, -0.25) is 4.79 Å². The zero-order valence-electron chi connectivity index (χ0n) is 11.9. The quantitative estimate of drug-likeness (QED) is 0.678. The molecule has 114 valence electrons. The Morgan fingerprint density at radius 3 is 3.09 bits per heavy atom. The van der Waals surface area contributed by atoms with Gasteiger partial charge in [-0.25, -0.2) is 5.43 Å². The Balaban J connectivity index is 1.48. The maximum Gasteiger partial charge on any atom is 0.277 e. The lowest BCUT2D eigenvalue weighted by Gasteiger charge is -2.05. The van der Waals surface area contributed by atoms with Crippen molar-refractivity contribution in [3.8, 4) is 17.2 Å². The molecule has 1 aliphatic heterocycles. The van der Waals surface area contributed by atoms with Gasteiger partial charge in [0.25, 0.3) is 5.91 Å². The van der Waals surface area contributed by atoms with E-state index in [1.165, 1.54) is 0 Å². The van der Waals surface area contributed by atoms with E-state index in [4.69, 9.17) is 14.2 Å². The van der Waals surface area contributed by atoms with Gasteiger partial charge in [-0.1, -0.05) is 0 Å². The number of nitrogens with zero attached hydrogens (tertiary/aromatic N) is 1. The van der Waals surface area contributed by atoms with Gasteiger partial charge in [-0.15, -0.1) is 11.3 Å². The molecule has 6 nitrogen and oxygen atoms in total. The van der Waals surface area contributed by atoms with Crippen molar-refractivity contribution in [1.82, 2.24) is 5.43 Å². The first-order chi connectivity index (χ1) is 10.7. The average molecular weight is 318 g/mol. The van der Waals surface area contributed by atoms with Crippen LogP contribution < -0.4 is 19.6 Å². The molecule has 0 bridgehead atoms. The molecule has 3 rings (SSSR count). The van der Waals surface area contributed by atoms with Crippen molar-refractivity contribution in [2.45, 2.75) is 6.92 Å². The highest BCUT2D eigenvalue weighted by atomic mass is 32.1. The summed E-state index contributed by atoms with van der Waals surface area (Å²) in [7, 11) is 0. The molecule has 1 aromatic carbocycles. The maximum absolute atomic E-state index is 11.7. The van der Waals surface area contributed by atoms with Gasteiger partial charge in [-0.2, -0.15) is 5.10 Å². The number of hydrogen-bond acceptors (Lipinski definition) is 6. The van der Waals surface area contributed by atoms with E-state index in [1.807, 2.05) is 18.4 Å². The van der Waals surface area contributed by atoms with E-state index < -0.39 is 0 Å². The van der Waals surface area contributed by atoms with Gasteiger partial charge in [0, 0.05) is 10.9 Å².